The first-order chi connectivity index (χ1) is 9.51. The van der Waals surface area contributed by atoms with Crippen LogP contribution in [0.25, 0.3) is 0 Å². The van der Waals surface area contributed by atoms with E-state index in [1.54, 1.807) is 12.1 Å². The summed E-state index contributed by atoms with van der Waals surface area (Å²) in [5.74, 6) is 0.524. The molecule has 0 spiro atoms. The lowest BCUT2D eigenvalue weighted by Crippen LogP contribution is -2.00. The number of rotatable bonds is 4. The highest BCUT2D eigenvalue weighted by Gasteiger charge is 2.07. The minimum Gasteiger partial charge on any atom is -0.488 e. The second-order valence-electron chi connectivity index (χ2n) is 4.75. The lowest BCUT2D eigenvalue weighted by Gasteiger charge is -2.14. The van der Waals surface area contributed by atoms with Crippen LogP contribution < -0.4 is 4.74 Å². The van der Waals surface area contributed by atoms with Crippen molar-refractivity contribution in [1.82, 2.24) is 0 Å². The third kappa shape index (κ3) is 3.38. The van der Waals surface area contributed by atoms with Gasteiger partial charge < -0.3 is 9.84 Å². The van der Waals surface area contributed by atoms with Crippen LogP contribution in [0, 0.1) is 19.7 Å². The van der Waals surface area contributed by atoms with Crippen LogP contribution in [-0.2, 0) is 13.2 Å². The standard InChI is InChI=1S/C16H16BrFO2/c1-10-5-13(8-19)6-11(2)16(10)20-9-12-3-4-15(18)14(17)7-12/h3-7,19H,8-9H2,1-2H3. The summed E-state index contributed by atoms with van der Waals surface area (Å²) in [6.07, 6.45) is 0. The van der Waals surface area contributed by atoms with E-state index in [-0.39, 0.29) is 12.4 Å². The van der Waals surface area contributed by atoms with E-state index >= 15 is 0 Å². The summed E-state index contributed by atoms with van der Waals surface area (Å²) in [5.41, 5.74) is 3.73. The molecule has 0 aromatic heterocycles. The molecule has 4 heteroatoms. The van der Waals surface area contributed by atoms with Crippen LogP contribution in [0.4, 0.5) is 4.39 Å². The molecule has 0 saturated heterocycles. The Hall–Kier alpha value is -1.39. The summed E-state index contributed by atoms with van der Waals surface area (Å²) < 4.78 is 19.4. The van der Waals surface area contributed by atoms with E-state index in [1.807, 2.05) is 26.0 Å². The average Bonchev–Trinajstić information content (AvgIpc) is 2.41. The fourth-order valence-corrected chi connectivity index (χ4v) is 2.57. The van der Waals surface area contributed by atoms with Gasteiger partial charge in [0.1, 0.15) is 18.2 Å². The molecule has 0 saturated carbocycles. The van der Waals surface area contributed by atoms with Crippen LogP contribution in [-0.4, -0.2) is 5.11 Å². The smallest absolute Gasteiger partial charge is 0.137 e. The van der Waals surface area contributed by atoms with Gasteiger partial charge in [0.25, 0.3) is 0 Å². The molecule has 1 N–H and O–H groups in total. The largest absolute Gasteiger partial charge is 0.488 e. The van der Waals surface area contributed by atoms with Crippen molar-refractivity contribution in [1.29, 1.82) is 0 Å². The summed E-state index contributed by atoms with van der Waals surface area (Å²) in [6, 6.07) is 8.64. The number of hydrogen-bond acceptors (Lipinski definition) is 2. The van der Waals surface area contributed by atoms with Gasteiger partial charge in [0, 0.05) is 0 Å². The monoisotopic (exact) mass is 338 g/mol. The van der Waals surface area contributed by atoms with Crippen molar-refractivity contribution in [3.63, 3.8) is 0 Å². The predicted molar refractivity (Wildman–Crippen MR) is 80.3 cm³/mol. The van der Waals surface area contributed by atoms with E-state index in [1.165, 1.54) is 6.07 Å². The van der Waals surface area contributed by atoms with Crippen LogP contribution in [0.5, 0.6) is 5.75 Å². The van der Waals surface area contributed by atoms with Crippen LogP contribution in [0.2, 0.25) is 0 Å². The molecule has 20 heavy (non-hydrogen) atoms. The molecule has 0 amide bonds. The van der Waals surface area contributed by atoms with Crippen molar-refractivity contribution in [2.45, 2.75) is 27.1 Å². The fraction of sp³-hybridized carbons (Fsp3) is 0.250. The minimum absolute atomic E-state index is 0.0207. The minimum atomic E-state index is -0.284. The zero-order valence-electron chi connectivity index (χ0n) is 11.4. The van der Waals surface area contributed by atoms with Crippen molar-refractivity contribution in [3.8, 4) is 5.75 Å². The van der Waals surface area contributed by atoms with Gasteiger partial charge in [-0.25, -0.2) is 4.39 Å². The molecule has 0 bridgehead atoms. The summed E-state index contributed by atoms with van der Waals surface area (Å²) >= 11 is 3.16. The molecular formula is C16H16BrFO2. The Morgan fingerprint density at radius 3 is 2.30 bits per heavy atom. The second kappa shape index (κ2) is 6.37. The van der Waals surface area contributed by atoms with Crippen LogP contribution in [0.3, 0.4) is 0 Å². The third-order valence-electron chi connectivity index (χ3n) is 3.07. The molecule has 0 aliphatic rings. The van der Waals surface area contributed by atoms with E-state index in [9.17, 15) is 4.39 Å². The molecule has 0 fully saturated rings. The Labute approximate surface area is 126 Å². The Bertz CT molecular complexity index is 603. The maximum Gasteiger partial charge on any atom is 0.137 e. The van der Waals surface area contributed by atoms with Gasteiger partial charge in [0.2, 0.25) is 0 Å². The van der Waals surface area contributed by atoms with E-state index in [2.05, 4.69) is 15.9 Å². The first-order valence-electron chi connectivity index (χ1n) is 6.29. The van der Waals surface area contributed by atoms with Crippen molar-refractivity contribution in [2.75, 3.05) is 0 Å². The molecule has 106 valence electrons. The van der Waals surface area contributed by atoms with Crippen molar-refractivity contribution < 1.29 is 14.2 Å². The topological polar surface area (TPSA) is 29.5 Å². The van der Waals surface area contributed by atoms with E-state index in [4.69, 9.17) is 9.84 Å². The first-order valence-corrected chi connectivity index (χ1v) is 7.08. The fourth-order valence-electron chi connectivity index (χ4n) is 2.14. The Kier molecular flexibility index (Phi) is 4.78. The summed E-state index contributed by atoms with van der Waals surface area (Å²) in [4.78, 5) is 0. The second-order valence-corrected chi connectivity index (χ2v) is 5.61. The van der Waals surface area contributed by atoms with Crippen molar-refractivity contribution >= 4 is 15.9 Å². The zero-order valence-corrected chi connectivity index (χ0v) is 13.0. The molecule has 2 nitrogen and oxygen atoms in total. The molecule has 2 rings (SSSR count). The predicted octanol–water partition coefficient (Wildman–Crippen LogP) is 4.28. The van der Waals surface area contributed by atoms with E-state index < -0.39 is 0 Å². The van der Waals surface area contributed by atoms with E-state index in [0.29, 0.717) is 11.1 Å². The quantitative estimate of drug-likeness (QED) is 0.901. The lowest BCUT2D eigenvalue weighted by atomic mass is 10.1. The number of benzene rings is 2. The molecule has 0 aliphatic carbocycles. The van der Waals surface area contributed by atoms with Crippen molar-refractivity contribution in [3.05, 3.63) is 62.9 Å². The molecule has 0 radical (unpaired) electrons. The van der Waals surface area contributed by atoms with Gasteiger partial charge >= 0.3 is 0 Å². The number of aliphatic hydroxyl groups excluding tert-OH is 1. The van der Waals surface area contributed by atoms with Crippen LogP contribution in [0.1, 0.15) is 22.3 Å². The highest BCUT2D eigenvalue weighted by molar-refractivity contribution is 9.10. The molecule has 0 unspecified atom stereocenters. The number of ether oxygens (including phenoxy) is 1. The van der Waals surface area contributed by atoms with Crippen LogP contribution in [0.15, 0.2) is 34.8 Å². The van der Waals surface area contributed by atoms with Gasteiger partial charge in [-0.1, -0.05) is 18.2 Å². The summed E-state index contributed by atoms with van der Waals surface area (Å²) in [7, 11) is 0. The SMILES string of the molecule is Cc1cc(CO)cc(C)c1OCc1ccc(F)c(Br)c1. The molecule has 0 atom stereocenters. The molecule has 2 aromatic carbocycles. The van der Waals surface area contributed by atoms with Crippen molar-refractivity contribution in [2.24, 2.45) is 0 Å². The van der Waals surface area contributed by atoms with Gasteiger partial charge in [0.15, 0.2) is 0 Å². The van der Waals surface area contributed by atoms with Gasteiger partial charge in [-0.15, -0.1) is 0 Å². The summed E-state index contributed by atoms with van der Waals surface area (Å²) in [6.45, 7) is 4.29. The number of aliphatic hydroxyl groups is 1. The molecular weight excluding hydrogens is 323 g/mol. The molecule has 0 heterocycles. The Morgan fingerprint density at radius 1 is 1.10 bits per heavy atom. The molecule has 0 aliphatic heterocycles. The summed E-state index contributed by atoms with van der Waals surface area (Å²) in [5, 5.41) is 9.16. The van der Waals surface area contributed by atoms with Gasteiger partial charge in [0.05, 0.1) is 11.1 Å². The number of halogens is 2. The highest BCUT2D eigenvalue weighted by Crippen LogP contribution is 2.26. The lowest BCUT2D eigenvalue weighted by molar-refractivity contribution is 0.280. The van der Waals surface area contributed by atoms with E-state index in [0.717, 1.165) is 28.0 Å². The average molecular weight is 339 g/mol. The number of aryl methyl sites for hydroxylation is 2. The maximum absolute atomic E-state index is 13.2. The van der Waals surface area contributed by atoms with Crippen LogP contribution >= 0.6 is 15.9 Å². The highest BCUT2D eigenvalue weighted by atomic mass is 79.9. The zero-order chi connectivity index (χ0) is 14.7. The van der Waals surface area contributed by atoms with Gasteiger partial charge in [-0.05, 0) is 64.2 Å². The third-order valence-corrected chi connectivity index (χ3v) is 3.68. The van der Waals surface area contributed by atoms with Gasteiger partial charge in [-0.2, -0.15) is 0 Å². The first kappa shape index (κ1) is 15.0. The normalized spacial score (nSPS) is 10.7. The number of hydrogen-bond donors (Lipinski definition) is 1. The Morgan fingerprint density at radius 2 is 1.75 bits per heavy atom. The Balaban J connectivity index is 2.16. The van der Waals surface area contributed by atoms with Gasteiger partial charge in [-0.3, -0.25) is 0 Å². The maximum atomic E-state index is 13.2. The molecule has 2 aromatic rings.